The molecule has 22 heavy (non-hydrogen) atoms. The number of aryl methyl sites for hydroxylation is 1. The predicted molar refractivity (Wildman–Crippen MR) is 90.5 cm³/mol. The van der Waals surface area contributed by atoms with E-state index in [4.69, 9.17) is 5.73 Å². The number of benzene rings is 2. The van der Waals surface area contributed by atoms with Gasteiger partial charge >= 0.3 is 0 Å². The van der Waals surface area contributed by atoms with Gasteiger partial charge in [0.1, 0.15) is 0 Å². The number of nitrogens with zero attached hydrogens (tertiary/aromatic N) is 1. The fourth-order valence-corrected chi connectivity index (χ4v) is 2.70. The van der Waals surface area contributed by atoms with Crippen molar-refractivity contribution in [2.45, 2.75) is 19.8 Å². The van der Waals surface area contributed by atoms with Gasteiger partial charge in [-0.3, -0.25) is 4.79 Å². The van der Waals surface area contributed by atoms with Crippen LogP contribution in [0.5, 0.6) is 0 Å². The molecule has 0 spiro atoms. The second kappa shape index (κ2) is 6.10. The fraction of sp³-hybridized carbons (Fsp3) is 0.278. The van der Waals surface area contributed by atoms with Gasteiger partial charge in [-0.2, -0.15) is 0 Å². The summed E-state index contributed by atoms with van der Waals surface area (Å²) in [5.41, 5.74) is 10.4. The molecule has 1 saturated heterocycles. The molecule has 1 heterocycles. The molecule has 114 valence electrons. The number of nitrogens with one attached hydrogen (secondary N) is 1. The molecule has 4 heteroatoms. The summed E-state index contributed by atoms with van der Waals surface area (Å²) in [6.07, 6.45) is 2.18. The third-order valence-electron chi connectivity index (χ3n) is 4.02. The first-order valence-electron chi connectivity index (χ1n) is 7.66. The quantitative estimate of drug-likeness (QED) is 0.851. The van der Waals surface area contributed by atoms with Crippen LogP contribution in [0.3, 0.4) is 0 Å². The maximum atomic E-state index is 12.4. The zero-order chi connectivity index (χ0) is 15.5. The highest BCUT2D eigenvalue weighted by atomic mass is 16.2. The number of anilines is 3. The molecule has 2 aromatic carbocycles. The van der Waals surface area contributed by atoms with E-state index in [9.17, 15) is 4.79 Å². The second-order valence-corrected chi connectivity index (χ2v) is 5.79. The van der Waals surface area contributed by atoms with Gasteiger partial charge in [0.2, 0.25) is 0 Å². The summed E-state index contributed by atoms with van der Waals surface area (Å²) in [7, 11) is 0. The third kappa shape index (κ3) is 3.06. The number of carbonyl (C=O) groups excluding carboxylic acids is 1. The molecule has 2 aromatic rings. The summed E-state index contributed by atoms with van der Waals surface area (Å²) in [6, 6.07) is 13.6. The number of amides is 1. The Morgan fingerprint density at radius 1 is 1.09 bits per heavy atom. The lowest BCUT2D eigenvalue weighted by atomic mass is 10.1. The molecular weight excluding hydrogens is 274 g/mol. The normalized spacial score (nSPS) is 14.1. The monoisotopic (exact) mass is 295 g/mol. The van der Waals surface area contributed by atoms with Crippen LogP contribution in [0.15, 0.2) is 42.5 Å². The van der Waals surface area contributed by atoms with Gasteiger partial charge in [0.05, 0.1) is 11.4 Å². The third-order valence-corrected chi connectivity index (χ3v) is 4.02. The SMILES string of the molecule is Cc1ccc(Nc2ccc(C(=O)N3CCCC3)cc2N)cc1. The summed E-state index contributed by atoms with van der Waals surface area (Å²) in [6.45, 7) is 3.75. The van der Waals surface area contributed by atoms with Crippen LogP contribution in [0.1, 0.15) is 28.8 Å². The predicted octanol–water partition coefficient (Wildman–Crippen LogP) is 3.56. The molecule has 0 unspecified atom stereocenters. The van der Waals surface area contributed by atoms with E-state index >= 15 is 0 Å². The van der Waals surface area contributed by atoms with Crippen molar-refractivity contribution >= 4 is 23.0 Å². The number of likely N-dealkylation sites (tertiary alicyclic amines) is 1. The Balaban J connectivity index is 1.77. The van der Waals surface area contributed by atoms with Gasteiger partial charge in [-0.25, -0.2) is 0 Å². The van der Waals surface area contributed by atoms with E-state index in [1.54, 1.807) is 6.07 Å². The maximum Gasteiger partial charge on any atom is 0.253 e. The lowest BCUT2D eigenvalue weighted by Crippen LogP contribution is -2.27. The van der Waals surface area contributed by atoms with Crippen molar-refractivity contribution < 1.29 is 4.79 Å². The number of rotatable bonds is 3. The Morgan fingerprint density at radius 2 is 1.77 bits per heavy atom. The molecule has 3 N–H and O–H groups in total. The second-order valence-electron chi connectivity index (χ2n) is 5.79. The highest BCUT2D eigenvalue weighted by Crippen LogP contribution is 2.25. The average molecular weight is 295 g/mol. The summed E-state index contributed by atoms with van der Waals surface area (Å²) < 4.78 is 0. The minimum atomic E-state index is 0.0751. The van der Waals surface area contributed by atoms with Gasteiger partial charge in [0, 0.05) is 24.3 Å². The molecule has 1 aliphatic rings. The smallest absolute Gasteiger partial charge is 0.253 e. The van der Waals surface area contributed by atoms with Crippen LogP contribution in [0.4, 0.5) is 17.1 Å². The Morgan fingerprint density at radius 3 is 2.41 bits per heavy atom. The summed E-state index contributed by atoms with van der Waals surface area (Å²) in [4.78, 5) is 14.2. The van der Waals surface area contributed by atoms with Crippen molar-refractivity contribution in [1.29, 1.82) is 0 Å². The molecule has 1 aliphatic heterocycles. The molecular formula is C18H21N3O. The lowest BCUT2D eigenvalue weighted by Gasteiger charge is -2.16. The molecule has 0 bridgehead atoms. The molecule has 0 aromatic heterocycles. The fourth-order valence-electron chi connectivity index (χ4n) is 2.70. The van der Waals surface area contributed by atoms with E-state index in [-0.39, 0.29) is 5.91 Å². The van der Waals surface area contributed by atoms with E-state index in [2.05, 4.69) is 12.2 Å². The largest absolute Gasteiger partial charge is 0.397 e. The van der Waals surface area contributed by atoms with Crippen molar-refractivity contribution in [1.82, 2.24) is 4.90 Å². The topological polar surface area (TPSA) is 58.4 Å². The molecule has 0 radical (unpaired) electrons. The van der Waals surface area contributed by atoms with Crippen molar-refractivity contribution in [2.75, 3.05) is 24.1 Å². The van der Waals surface area contributed by atoms with Crippen LogP contribution in [0, 0.1) is 6.92 Å². The molecule has 0 saturated carbocycles. The van der Waals surface area contributed by atoms with Crippen molar-refractivity contribution in [3.8, 4) is 0 Å². The van der Waals surface area contributed by atoms with Crippen LogP contribution in [-0.4, -0.2) is 23.9 Å². The minimum Gasteiger partial charge on any atom is -0.397 e. The standard InChI is InChI=1S/C18H21N3O/c1-13-4-7-15(8-5-13)20-17-9-6-14(12-16(17)19)18(22)21-10-2-3-11-21/h4-9,12,20H,2-3,10-11,19H2,1H3. The van der Waals surface area contributed by atoms with E-state index in [0.717, 1.165) is 37.3 Å². The van der Waals surface area contributed by atoms with E-state index in [0.29, 0.717) is 11.3 Å². The zero-order valence-corrected chi connectivity index (χ0v) is 12.8. The molecule has 0 atom stereocenters. The Bertz CT molecular complexity index is 673. The minimum absolute atomic E-state index is 0.0751. The van der Waals surface area contributed by atoms with Gasteiger partial charge in [0.25, 0.3) is 5.91 Å². The summed E-state index contributed by atoms with van der Waals surface area (Å²) >= 11 is 0. The van der Waals surface area contributed by atoms with Crippen LogP contribution < -0.4 is 11.1 Å². The number of nitrogen functional groups attached to an aromatic ring is 1. The number of hydrogen-bond acceptors (Lipinski definition) is 3. The van der Waals surface area contributed by atoms with E-state index in [1.807, 2.05) is 41.3 Å². The van der Waals surface area contributed by atoms with Crippen molar-refractivity contribution in [2.24, 2.45) is 0 Å². The van der Waals surface area contributed by atoms with Gasteiger partial charge in [-0.05, 0) is 50.1 Å². The van der Waals surface area contributed by atoms with Crippen LogP contribution >= 0.6 is 0 Å². The van der Waals surface area contributed by atoms with E-state index < -0.39 is 0 Å². The molecule has 4 nitrogen and oxygen atoms in total. The van der Waals surface area contributed by atoms with Gasteiger partial charge < -0.3 is 16.0 Å². The Kier molecular flexibility index (Phi) is 4.00. The zero-order valence-electron chi connectivity index (χ0n) is 12.8. The number of nitrogens with two attached hydrogens (primary N) is 1. The highest BCUT2D eigenvalue weighted by molar-refractivity contribution is 5.96. The van der Waals surface area contributed by atoms with Gasteiger partial charge in [-0.1, -0.05) is 17.7 Å². The molecule has 0 aliphatic carbocycles. The Labute approximate surface area is 130 Å². The average Bonchev–Trinajstić information content (AvgIpc) is 3.05. The number of hydrogen-bond donors (Lipinski definition) is 2. The first-order chi connectivity index (χ1) is 10.6. The maximum absolute atomic E-state index is 12.4. The number of carbonyl (C=O) groups is 1. The van der Waals surface area contributed by atoms with Crippen molar-refractivity contribution in [3.63, 3.8) is 0 Å². The van der Waals surface area contributed by atoms with Crippen LogP contribution in [0.25, 0.3) is 0 Å². The Hall–Kier alpha value is -2.49. The van der Waals surface area contributed by atoms with Gasteiger partial charge in [-0.15, -0.1) is 0 Å². The molecule has 1 amide bonds. The van der Waals surface area contributed by atoms with Gasteiger partial charge in [0.15, 0.2) is 0 Å². The van der Waals surface area contributed by atoms with Crippen LogP contribution in [0.2, 0.25) is 0 Å². The molecule has 1 fully saturated rings. The van der Waals surface area contributed by atoms with Crippen molar-refractivity contribution in [3.05, 3.63) is 53.6 Å². The summed E-state index contributed by atoms with van der Waals surface area (Å²) in [5, 5.41) is 3.29. The summed E-state index contributed by atoms with van der Waals surface area (Å²) in [5.74, 6) is 0.0751. The first-order valence-corrected chi connectivity index (χ1v) is 7.66. The van der Waals surface area contributed by atoms with E-state index in [1.165, 1.54) is 5.56 Å². The first kappa shape index (κ1) is 14.4. The molecule has 3 rings (SSSR count). The highest BCUT2D eigenvalue weighted by Gasteiger charge is 2.19. The van der Waals surface area contributed by atoms with Crippen LogP contribution in [-0.2, 0) is 0 Å². The lowest BCUT2D eigenvalue weighted by molar-refractivity contribution is 0.0793.